The van der Waals surface area contributed by atoms with Gasteiger partial charge in [0.25, 0.3) is 0 Å². The number of anilines is 2. The third-order valence-electron chi connectivity index (χ3n) is 2.06. The molecular formula is C9H15ClN4. The summed E-state index contributed by atoms with van der Waals surface area (Å²) in [7, 11) is 0. The van der Waals surface area contributed by atoms with E-state index in [4.69, 9.17) is 17.3 Å². The largest absolute Gasteiger partial charge is 0.368 e. The molecule has 0 aliphatic heterocycles. The summed E-state index contributed by atoms with van der Waals surface area (Å²) >= 11 is 5.75. The predicted molar refractivity (Wildman–Crippen MR) is 59.4 cm³/mol. The molecule has 0 saturated carbocycles. The van der Waals surface area contributed by atoms with Gasteiger partial charge in [0.1, 0.15) is 11.0 Å². The fourth-order valence-electron chi connectivity index (χ4n) is 0.934. The molecule has 0 radical (unpaired) electrons. The van der Waals surface area contributed by atoms with Gasteiger partial charge >= 0.3 is 0 Å². The SMILES string of the molecule is CCC(C)(C)Nc1cc(Cl)nc(N)n1. The molecule has 0 atom stereocenters. The van der Waals surface area contributed by atoms with Gasteiger partial charge in [0.05, 0.1) is 0 Å². The first-order valence-corrected chi connectivity index (χ1v) is 4.89. The number of rotatable bonds is 3. The molecule has 0 fully saturated rings. The minimum Gasteiger partial charge on any atom is -0.368 e. The molecule has 0 spiro atoms. The van der Waals surface area contributed by atoms with Crippen molar-refractivity contribution in [3.05, 3.63) is 11.2 Å². The number of halogens is 1. The molecular weight excluding hydrogens is 200 g/mol. The van der Waals surface area contributed by atoms with Crippen molar-refractivity contribution in [2.24, 2.45) is 0 Å². The van der Waals surface area contributed by atoms with Crippen molar-refractivity contribution in [2.45, 2.75) is 32.7 Å². The molecule has 0 aliphatic rings. The molecule has 0 aliphatic carbocycles. The van der Waals surface area contributed by atoms with Crippen LogP contribution in [0.25, 0.3) is 0 Å². The van der Waals surface area contributed by atoms with Gasteiger partial charge in [-0.05, 0) is 20.3 Å². The molecule has 5 heteroatoms. The van der Waals surface area contributed by atoms with E-state index in [1.807, 2.05) is 0 Å². The number of aromatic nitrogens is 2. The summed E-state index contributed by atoms with van der Waals surface area (Å²) in [5, 5.41) is 3.59. The summed E-state index contributed by atoms with van der Waals surface area (Å²) in [6.07, 6.45) is 0.981. The fraction of sp³-hybridized carbons (Fsp3) is 0.556. The van der Waals surface area contributed by atoms with Crippen LogP contribution in [-0.2, 0) is 0 Å². The molecule has 1 aromatic rings. The maximum atomic E-state index is 5.75. The molecule has 3 N–H and O–H groups in total. The second-order valence-electron chi connectivity index (χ2n) is 3.80. The Balaban J connectivity index is 2.87. The van der Waals surface area contributed by atoms with Crippen LogP contribution in [0, 0.1) is 0 Å². The van der Waals surface area contributed by atoms with Crippen LogP contribution in [0.2, 0.25) is 5.15 Å². The standard InChI is InChI=1S/C9H15ClN4/c1-4-9(2,3)14-7-5-6(10)12-8(11)13-7/h5H,4H2,1-3H3,(H3,11,12,13,14). The molecule has 0 unspecified atom stereocenters. The van der Waals surface area contributed by atoms with Crippen LogP contribution in [0.15, 0.2) is 6.07 Å². The zero-order chi connectivity index (χ0) is 10.8. The first-order valence-electron chi connectivity index (χ1n) is 4.51. The molecule has 78 valence electrons. The average Bonchev–Trinajstić information content (AvgIpc) is 2.01. The van der Waals surface area contributed by atoms with Crippen molar-refractivity contribution in [1.82, 2.24) is 9.97 Å². The van der Waals surface area contributed by atoms with E-state index in [0.29, 0.717) is 11.0 Å². The molecule has 1 heterocycles. The second-order valence-corrected chi connectivity index (χ2v) is 4.18. The Kier molecular flexibility index (Phi) is 3.16. The number of hydrogen-bond donors (Lipinski definition) is 2. The third-order valence-corrected chi connectivity index (χ3v) is 2.26. The Morgan fingerprint density at radius 2 is 2.14 bits per heavy atom. The highest BCUT2D eigenvalue weighted by Crippen LogP contribution is 2.18. The van der Waals surface area contributed by atoms with E-state index in [-0.39, 0.29) is 11.5 Å². The van der Waals surface area contributed by atoms with E-state index in [2.05, 4.69) is 36.1 Å². The number of nitrogens with two attached hydrogens (primary N) is 1. The summed E-state index contributed by atoms with van der Waals surface area (Å²) in [6.45, 7) is 6.26. The Morgan fingerprint density at radius 1 is 1.50 bits per heavy atom. The average molecular weight is 215 g/mol. The quantitative estimate of drug-likeness (QED) is 0.758. The monoisotopic (exact) mass is 214 g/mol. The van der Waals surface area contributed by atoms with Gasteiger partial charge in [-0.15, -0.1) is 0 Å². The van der Waals surface area contributed by atoms with E-state index in [9.17, 15) is 0 Å². The van der Waals surface area contributed by atoms with Gasteiger partial charge < -0.3 is 11.1 Å². The van der Waals surface area contributed by atoms with Gasteiger partial charge in [-0.1, -0.05) is 18.5 Å². The Hall–Kier alpha value is -1.03. The lowest BCUT2D eigenvalue weighted by Gasteiger charge is -2.25. The molecule has 0 saturated heterocycles. The van der Waals surface area contributed by atoms with Gasteiger partial charge in [-0.3, -0.25) is 0 Å². The van der Waals surface area contributed by atoms with E-state index in [1.165, 1.54) is 0 Å². The zero-order valence-electron chi connectivity index (χ0n) is 8.63. The Morgan fingerprint density at radius 3 is 2.64 bits per heavy atom. The third kappa shape index (κ3) is 3.03. The summed E-state index contributed by atoms with van der Waals surface area (Å²) in [5.74, 6) is 0.848. The molecule has 4 nitrogen and oxygen atoms in total. The minimum absolute atomic E-state index is 0.0237. The predicted octanol–water partition coefficient (Wildman–Crippen LogP) is 2.31. The minimum atomic E-state index is -0.0237. The molecule has 0 aromatic carbocycles. The van der Waals surface area contributed by atoms with Crippen LogP contribution >= 0.6 is 11.6 Å². The smallest absolute Gasteiger partial charge is 0.223 e. The molecule has 0 amide bonds. The lowest BCUT2D eigenvalue weighted by atomic mass is 10.0. The molecule has 0 bridgehead atoms. The van der Waals surface area contributed by atoms with E-state index >= 15 is 0 Å². The summed E-state index contributed by atoms with van der Waals surface area (Å²) < 4.78 is 0. The Labute approximate surface area is 88.9 Å². The summed E-state index contributed by atoms with van der Waals surface area (Å²) in [6, 6.07) is 1.66. The van der Waals surface area contributed by atoms with Crippen molar-refractivity contribution in [2.75, 3.05) is 11.1 Å². The first kappa shape index (κ1) is 11.0. The van der Waals surface area contributed by atoms with Gasteiger partial charge in [-0.2, -0.15) is 4.98 Å². The van der Waals surface area contributed by atoms with Crippen LogP contribution in [0.5, 0.6) is 0 Å². The molecule has 1 aromatic heterocycles. The van der Waals surface area contributed by atoms with E-state index < -0.39 is 0 Å². The number of hydrogen-bond acceptors (Lipinski definition) is 4. The number of nitrogens with one attached hydrogen (secondary N) is 1. The highest BCUT2D eigenvalue weighted by atomic mass is 35.5. The van der Waals surface area contributed by atoms with Gasteiger partial charge in [0.15, 0.2) is 0 Å². The highest BCUT2D eigenvalue weighted by Gasteiger charge is 2.15. The van der Waals surface area contributed by atoms with Crippen LogP contribution in [-0.4, -0.2) is 15.5 Å². The maximum Gasteiger partial charge on any atom is 0.223 e. The normalized spacial score (nSPS) is 11.4. The lowest BCUT2D eigenvalue weighted by Crippen LogP contribution is -2.30. The topological polar surface area (TPSA) is 63.8 Å². The molecule has 14 heavy (non-hydrogen) atoms. The van der Waals surface area contributed by atoms with Gasteiger partial charge in [0, 0.05) is 11.6 Å². The Bertz CT molecular complexity index is 304. The summed E-state index contributed by atoms with van der Waals surface area (Å²) in [5.41, 5.74) is 5.45. The van der Waals surface area contributed by atoms with Crippen LogP contribution in [0.3, 0.4) is 0 Å². The highest BCUT2D eigenvalue weighted by molar-refractivity contribution is 6.29. The van der Waals surface area contributed by atoms with Crippen LogP contribution < -0.4 is 11.1 Å². The van der Waals surface area contributed by atoms with Crippen molar-refractivity contribution in [3.8, 4) is 0 Å². The van der Waals surface area contributed by atoms with Gasteiger partial charge in [0.2, 0.25) is 5.95 Å². The van der Waals surface area contributed by atoms with Crippen molar-refractivity contribution >= 4 is 23.4 Å². The number of nitrogens with zero attached hydrogens (tertiary/aromatic N) is 2. The first-order chi connectivity index (χ1) is 6.43. The summed E-state index contributed by atoms with van der Waals surface area (Å²) in [4.78, 5) is 7.82. The van der Waals surface area contributed by atoms with Crippen molar-refractivity contribution in [3.63, 3.8) is 0 Å². The van der Waals surface area contributed by atoms with E-state index in [1.54, 1.807) is 6.07 Å². The van der Waals surface area contributed by atoms with Crippen LogP contribution in [0.1, 0.15) is 27.2 Å². The molecule has 1 rings (SSSR count). The van der Waals surface area contributed by atoms with Gasteiger partial charge in [-0.25, -0.2) is 4.98 Å². The number of nitrogen functional groups attached to an aromatic ring is 1. The zero-order valence-corrected chi connectivity index (χ0v) is 9.39. The fourth-order valence-corrected chi connectivity index (χ4v) is 1.12. The maximum absolute atomic E-state index is 5.75. The second kappa shape index (κ2) is 4.00. The van der Waals surface area contributed by atoms with Crippen molar-refractivity contribution in [1.29, 1.82) is 0 Å². The lowest BCUT2D eigenvalue weighted by molar-refractivity contribution is 0.545. The van der Waals surface area contributed by atoms with Crippen LogP contribution in [0.4, 0.5) is 11.8 Å². The van der Waals surface area contributed by atoms with Crippen molar-refractivity contribution < 1.29 is 0 Å². The van der Waals surface area contributed by atoms with E-state index in [0.717, 1.165) is 6.42 Å².